The molecule has 1 aromatic heterocycles. The van der Waals surface area contributed by atoms with Gasteiger partial charge in [-0.25, -0.2) is 14.8 Å². The molecule has 1 amide bonds. The number of carbonyl (C=O) groups excluding carboxylic acids is 1. The zero-order chi connectivity index (χ0) is 14.8. The molecule has 6 heteroatoms. The van der Waals surface area contributed by atoms with Gasteiger partial charge in [-0.1, -0.05) is 0 Å². The van der Waals surface area contributed by atoms with Crippen LogP contribution in [0.15, 0.2) is 12.3 Å². The predicted molar refractivity (Wildman–Crippen MR) is 76.5 cm³/mol. The summed E-state index contributed by atoms with van der Waals surface area (Å²) >= 11 is 0. The van der Waals surface area contributed by atoms with Gasteiger partial charge >= 0.3 is 6.09 Å². The number of anilines is 1. The minimum atomic E-state index is -0.480. The highest BCUT2D eigenvalue weighted by atomic mass is 16.6. The van der Waals surface area contributed by atoms with Crippen LogP contribution >= 0.6 is 0 Å². The van der Waals surface area contributed by atoms with Gasteiger partial charge in [0.15, 0.2) is 0 Å². The Labute approximate surface area is 119 Å². The van der Waals surface area contributed by atoms with Gasteiger partial charge in [-0.15, -0.1) is 0 Å². The van der Waals surface area contributed by atoms with Crippen molar-refractivity contribution < 1.29 is 9.53 Å². The highest BCUT2D eigenvalue weighted by Gasteiger charge is 2.34. The van der Waals surface area contributed by atoms with Crippen LogP contribution < -0.4 is 5.32 Å². The molecule has 0 radical (unpaired) electrons. The number of nitrogens with one attached hydrogen (secondary N) is 1. The Morgan fingerprint density at radius 3 is 2.90 bits per heavy atom. The summed E-state index contributed by atoms with van der Waals surface area (Å²) in [6.07, 6.45) is 3.30. The molecule has 1 atom stereocenters. The normalized spacial score (nSPS) is 19.0. The summed E-state index contributed by atoms with van der Waals surface area (Å²) in [5.74, 6) is 0.568. The fourth-order valence-electron chi connectivity index (χ4n) is 2.29. The molecule has 0 aliphatic carbocycles. The third-order valence-corrected chi connectivity index (χ3v) is 3.12. The van der Waals surface area contributed by atoms with E-state index in [0.717, 1.165) is 18.5 Å². The minimum Gasteiger partial charge on any atom is -0.444 e. The number of aromatic nitrogens is 2. The lowest BCUT2D eigenvalue weighted by atomic mass is 10.1. The molecule has 6 nitrogen and oxygen atoms in total. The van der Waals surface area contributed by atoms with Gasteiger partial charge in [-0.3, -0.25) is 4.90 Å². The maximum absolute atomic E-state index is 12.2. The van der Waals surface area contributed by atoms with Crippen LogP contribution in [0.5, 0.6) is 0 Å². The number of rotatable bonds is 2. The van der Waals surface area contributed by atoms with E-state index in [-0.39, 0.29) is 12.1 Å². The van der Waals surface area contributed by atoms with E-state index in [2.05, 4.69) is 15.3 Å². The molecule has 1 aliphatic heterocycles. The van der Waals surface area contributed by atoms with Gasteiger partial charge in [0.05, 0.1) is 11.7 Å². The van der Waals surface area contributed by atoms with Crippen molar-refractivity contribution >= 4 is 12.0 Å². The topological polar surface area (TPSA) is 67.4 Å². The van der Waals surface area contributed by atoms with Crippen molar-refractivity contribution in [3.05, 3.63) is 18.0 Å². The first-order chi connectivity index (χ1) is 9.40. The Hall–Kier alpha value is -1.85. The Morgan fingerprint density at radius 1 is 1.50 bits per heavy atom. The summed E-state index contributed by atoms with van der Waals surface area (Å²) in [5.41, 5.74) is 0.374. The molecule has 1 fully saturated rings. The molecular weight excluding hydrogens is 256 g/mol. The molecule has 1 aromatic rings. The van der Waals surface area contributed by atoms with Crippen LogP contribution in [-0.2, 0) is 4.74 Å². The first kappa shape index (κ1) is 14.6. The van der Waals surface area contributed by atoms with Gasteiger partial charge in [-0.05, 0) is 39.7 Å². The second-order valence-electron chi connectivity index (χ2n) is 5.89. The molecule has 1 aliphatic rings. The Bertz CT molecular complexity index is 484. The van der Waals surface area contributed by atoms with Crippen LogP contribution in [0.2, 0.25) is 0 Å². The van der Waals surface area contributed by atoms with Crippen molar-refractivity contribution in [3.63, 3.8) is 0 Å². The van der Waals surface area contributed by atoms with Crippen LogP contribution in [0.3, 0.4) is 0 Å². The fraction of sp³-hybridized carbons (Fsp3) is 0.643. The molecular formula is C14H22N4O2. The van der Waals surface area contributed by atoms with Crippen LogP contribution in [0.1, 0.15) is 45.3 Å². The quantitative estimate of drug-likeness (QED) is 0.900. The molecule has 1 N–H and O–H groups in total. The maximum Gasteiger partial charge on any atom is 0.410 e. The second kappa shape index (κ2) is 5.64. The van der Waals surface area contributed by atoms with Crippen molar-refractivity contribution in [2.45, 2.75) is 45.3 Å². The smallest absolute Gasteiger partial charge is 0.410 e. The van der Waals surface area contributed by atoms with E-state index in [1.165, 1.54) is 0 Å². The van der Waals surface area contributed by atoms with Crippen molar-refractivity contribution in [3.8, 4) is 0 Å². The van der Waals surface area contributed by atoms with E-state index in [9.17, 15) is 4.79 Å². The summed E-state index contributed by atoms with van der Waals surface area (Å²) in [5, 5.41) is 2.92. The van der Waals surface area contributed by atoms with Crippen LogP contribution in [0.4, 0.5) is 10.7 Å². The molecule has 1 saturated heterocycles. The highest BCUT2D eigenvalue weighted by molar-refractivity contribution is 5.69. The Kier molecular flexibility index (Phi) is 4.11. The minimum absolute atomic E-state index is 0.0278. The van der Waals surface area contributed by atoms with E-state index in [4.69, 9.17) is 4.74 Å². The zero-order valence-electron chi connectivity index (χ0n) is 12.5. The van der Waals surface area contributed by atoms with Gasteiger partial charge in [-0.2, -0.15) is 0 Å². The van der Waals surface area contributed by atoms with Gasteiger partial charge in [0.1, 0.15) is 5.60 Å². The lowest BCUT2D eigenvalue weighted by Crippen LogP contribution is -2.36. The van der Waals surface area contributed by atoms with Crippen molar-refractivity contribution in [2.24, 2.45) is 0 Å². The number of nitrogens with zero attached hydrogens (tertiary/aromatic N) is 3. The summed E-state index contributed by atoms with van der Waals surface area (Å²) in [6.45, 7) is 6.33. The summed E-state index contributed by atoms with van der Waals surface area (Å²) < 4.78 is 5.46. The van der Waals surface area contributed by atoms with Gasteiger partial charge in [0.2, 0.25) is 5.95 Å². The number of hydrogen-bond donors (Lipinski definition) is 1. The molecule has 0 unspecified atom stereocenters. The molecule has 2 heterocycles. The lowest BCUT2D eigenvalue weighted by molar-refractivity contribution is 0.0221. The SMILES string of the molecule is CNc1nccc([C@H]2CCCN2C(=O)OC(C)(C)C)n1. The first-order valence-corrected chi connectivity index (χ1v) is 6.91. The number of likely N-dealkylation sites (tertiary alicyclic amines) is 1. The molecule has 0 bridgehead atoms. The third kappa shape index (κ3) is 3.37. The molecule has 0 spiro atoms. The van der Waals surface area contributed by atoms with Crippen LogP contribution in [0.25, 0.3) is 0 Å². The Morgan fingerprint density at radius 2 is 2.25 bits per heavy atom. The van der Waals surface area contributed by atoms with E-state index in [1.807, 2.05) is 26.8 Å². The van der Waals surface area contributed by atoms with E-state index < -0.39 is 5.60 Å². The Balaban J connectivity index is 2.16. The maximum atomic E-state index is 12.2. The third-order valence-electron chi connectivity index (χ3n) is 3.12. The molecule has 0 aromatic carbocycles. The zero-order valence-corrected chi connectivity index (χ0v) is 12.5. The number of amides is 1. The average molecular weight is 278 g/mol. The van der Waals surface area contributed by atoms with Gasteiger partial charge in [0, 0.05) is 19.8 Å². The average Bonchev–Trinajstić information content (AvgIpc) is 2.86. The summed E-state index contributed by atoms with van der Waals surface area (Å²) in [4.78, 5) is 22.5. The predicted octanol–water partition coefficient (Wildman–Crippen LogP) is 2.59. The molecule has 0 saturated carbocycles. The number of hydrogen-bond acceptors (Lipinski definition) is 5. The van der Waals surface area contributed by atoms with Crippen molar-refractivity contribution in [1.82, 2.24) is 14.9 Å². The largest absolute Gasteiger partial charge is 0.444 e. The monoisotopic (exact) mass is 278 g/mol. The number of carbonyl (C=O) groups is 1. The highest BCUT2D eigenvalue weighted by Crippen LogP contribution is 2.32. The van der Waals surface area contributed by atoms with Gasteiger partial charge in [0.25, 0.3) is 0 Å². The fourth-order valence-corrected chi connectivity index (χ4v) is 2.29. The van der Waals surface area contributed by atoms with E-state index in [1.54, 1.807) is 18.1 Å². The van der Waals surface area contributed by atoms with Crippen molar-refractivity contribution in [2.75, 3.05) is 18.9 Å². The van der Waals surface area contributed by atoms with E-state index >= 15 is 0 Å². The standard InChI is InChI=1S/C14H22N4O2/c1-14(2,3)20-13(19)18-9-5-6-11(18)10-7-8-16-12(15-4)17-10/h7-8,11H,5-6,9H2,1-4H3,(H,15,16,17)/t11-/m1/s1. The lowest BCUT2D eigenvalue weighted by Gasteiger charge is -2.28. The van der Waals surface area contributed by atoms with Crippen LogP contribution in [0, 0.1) is 0 Å². The first-order valence-electron chi connectivity index (χ1n) is 6.91. The second-order valence-corrected chi connectivity index (χ2v) is 5.89. The summed E-state index contributed by atoms with van der Waals surface area (Å²) in [7, 11) is 1.78. The molecule has 2 rings (SSSR count). The summed E-state index contributed by atoms with van der Waals surface area (Å²) in [6, 6.07) is 1.83. The van der Waals surface area contributed by atoms with E-state index in [0.29, 0.717) is 12.5 Å². The number of ether oxygens (including phenoxy) is 1. The molecule has 20 heavy (non-hydrogen) atoms. The van der Waals surface area contributed by atoms with Gasteiger partial charge < -0.3 is 10.1 Å². The van der Waals surface area contributed by atoms with Crippen LogP contribution in [-0.4, -0.2) is 40.2 Å². The van der Waals surface area contributed by atoms with Crippen molar-refractivity contribution in [1.29, 1.82) is 0 Å². The molecule has 110 valence electrons.